The molecule has 2 aliphatic rings. The van der Waals surface area contributed by atoms with E-state index in [0.717, 1.165) is 18.8 Å². The van der Waals surface area contributed by atoms with Gasteiger partial charge in [0.15, 0.2) is 0 Å². The van der Waals surface area contributed by atoms with Crippen LogP contribution in [0.4, 0.5) is 0 Å². The van der Waals surface area contributed by atoms with Crippen LogP contribution in [0, 0.1) is 17.3 Å². The standard InChI is InChI=1S/C14H25NO2/c1-14(2,3)11-6-4-10(5-7-11)13(17)15-8-12(16)9-15/h10-12,16H,4-9H2,1-3H3. The lowest BCUT2D eigenvalue weighted by molar-refractivity contribution is -0.147. The third-order valence-corrected chi connectivity index (χ3v) is 4.48. The molecule has 0 aromatic heterocycles. The number of aliphatic hydroxyl groups excluding tert-OH is 1. The van der Waals surface area contributed by atoms with Gasteiger partial charge in [-0.15, -0.1) is 0 Å². The highest BCUT2D eigenvalue weighted by Gasteiger charge is 2.37. The summed E-state index contributed by atoms with van der Waals surface area (Å²) in [5.74, 6) is 1.26. The van der Waals surface area contributed by atoms with Crippen LogP contribution in [0.5, 0.6) is 0 Å². The monoisotopic (exact) mass is 239 g/mol. The quantitative estimate of drug-likeness (QED) is 0.760. The predicted molar refractivity (Wildman–Crippen MR) is 67.5 cm³/mol. The molecular formula is C14H25NO2. The Morgan fingerprint density at radius 1 is 1.12 bits per heavy atom. The molecule has 1 aliphatic heterocycles. The SMILES string of the molecule is CC(C)(C)C1CCC(C(=O)N2CC(O)C2)CC1. The molecule has 2 fully saturated rings. The second kappa shape index (κ2) is 4.60. The highest BCUT2D eigenvalue weighted by atomic mass is 16.3. The number of β-amino-alcohol motifs (C(OH)–C–C–N with tert-alkyl or cyclic N) is 1. The largest absolute Gasteiger partial charge is 0.389 e. The van der Waals surface area contributed by atoms with Crippen LogP contribution >= 0.6 is 0 Å². The van der Waals surface area contributed by atoms with Crippen molar-refractivity contribution in [3.05, 3.63) is 0 Å². The summed E-state index contributed by atoms with van der Waals surface area (Å²) in [6, 6.07) is 0. The summed E-state index contributed by atoms with van der Waals surface area (Å²) < 4.78 is 0. The molecule has 3 heteroatoms. The molecule has 0 spiro atoms. The lowest BCUT2D eigenvalue weighted by Gasteiger charge is -2.41. The molecule has 0 atom stereocenters. The maximum absolute atomic E-state index is 12.1. The lowest BCUT2D eigenvalue weighted by Crippen LogP contribution is -2.55. The number of rotatable bonds is 1. The van der Waals surface area contributed by atoms with Crippen LogP contribution in [0.15, 0.2) is 0 Å². The summed E-state index contributed by atoms with van der Waals surface area (Å²) in [6.45, 7) is 8.00. The van der Waals surface area contributed by atoms with Crippen LogP contribution in [0.1, 0.15) is 46.5 Å². The molecule has 2 rings (SSSR count). The van der Waals surface area contributed by atoms with Crippen molar-refractivity contribution in [3.63, 3.8) is 0 Å². The van der Waals surface area contributed by atoms with Crippen LogP contribution in [0.25, 0.3) is 0 Å². The highest BCUT2D eigenvalue weighted by molar-refractivity contribution is 5.79. The van der Waals surface area contributed by atoms with Crippen molar-refractivity contribution in [2.45, 2.75) is 52.6 Å². The van der Waals surface area contributed by atoms with Gasteiger partial charge >= 0.3 is 0 Å². The Morgan fingerprint density at radius 3 is 2.06 bits per heavy atom. The van der Waals surface area contributed by atoms with Gasteiger partial charge in [0.1, 0.15) is 0 Å². The van der Waals surface area contributed by atoms with Crippen LogP contribution < -0.4 is 0 Å². The van der Waals surface area contributed by atoms with Gasteiger partial charge in [-0.1, -0.05) is 20.8 Å². The van der Waals surface area contributed by atoms with E-state index in [1.165, 1.54) is 12.8 Å². The van der Waals surface area contributed by atoms with E-state index in [-0.39, 0.29) is 17.9 Å². The fourth-order valence-electron chi connectivity index (χ4n) is 3.10. The first kappa shape index (κ1) is 12.9. The topological polar surface area (TPSA) is 40.5 Å². The van der Waals surface area contributed by atoms with E-state index in [0.29, 0.717) is 18.5 Å². The zero-order chi connectivity index (χ0) is 12.6. The van der Waals surface area contributed by atoms with Crippen molar-refractivity contribution in [2.75, 3.05) is 13.1 Å². The summed E-state index contributed by atoms with van der Waals surface area (Å²) >= 11 is 0. The van der Waals surface area contributed by atoms with Crippen molar-refractivity contribution in [3.8, 4) is 0 Å². The van der Waals surface area contributed by atoms with E-state index in [9.17, 15) is 9.90 Å². The second-order valence-corrected chi connectivity index (χ2v) is 6.81. The van der Waals surface area contributed by atoms with Gasteiger partial charge in [-0.05, 0) is 37.0 Å². The van der Waals surface area contributed by atoms with E-state index in [2.05, 4.69) is 20.8 Å². The predicted octanol–water partition coefficient (Wildman–Crippen LogP) is 2.04. The Hall–Kier alpha value is -0.570. The van der Waals surface area contributed by atoms with E-state index in [1.807, 2.05) is 4.90 Å². The molecule has 1 amide bonds. The van der Waals surface area contributed by atoms with Crippen LogP contribution in [-0.4, -0.2) is 35.1 Å². The molecule has 0 bridgehead atoms. The molecular weight excluding hydrogens is 214 g/mol. The van der Waals surface area contributed by atoms with Crippen LogP contribution in [0.2, 0.25) is 0 Å². The van der Waals surface area contributed by atoms with Gasteiger partial charge in [-0.25, -0.2) is 0 Å². The third-order valence-electron chi connectivity index (χ3n) is 4.48. The summed E-state index contributed by atoms with van der Waals surface area (Å²) in [5.41, 5.74) is 0.376. The average Bonchev–Trinajstić information content (AvgIpc) is 2.23. The Morgan fingerprint density at radius 2 is 1.65 bits per heavy atom. The fraction of sp³-hybridized carbons (Fsp3) is 0.929. The van der Waals surface area contributed by atoms with Crippen LogP contribution in [-0.2, 0) is 4.79 Å². The Kier molecular flexibility index (Phi) is 3.48. The molecule has 0 aromatic carbocycles. The number of hydrogen-bond donors (Lipinski definition) is 1. The summed E-state index contributed by atoms with van der Waals surface area (Å²) in [5, 5.41) is 9.22. The minimum absolute atomic E-state index is 0.223. The van der Waals surface area contributed by atoms with E-state index in [4.69, 9.17) is 0 Å². The molecule has 3 nitrogen and oxygen atoms in total. The molecule has 0 radical (unpaired) electrons. The Bertz CT molecular complexity index is 281. The molecule has 1 N–H and O–H groups in total. The first-order valence-electron chi connectivity index (χ1n) is 6.85. The van der Waals surface area contributed by atoms with Crippen molar-refractivity contribution < 1.29 is 9.90 Å². The molecule has 1 aliphatic carbocycles. The first-order valence-corrected chi connectivity index (χ1v) is 6.85. The van der Waals surface area contributed by atoms with E-state index >= 15 is 0 Å². The van der Waals surface area contributed by atoms with Crippen molar-refractivity contribution >= 4 is 5.91 Å². The number of aliphatic hydroxyl groups is 1. The first-order chi connectivity index (χ1) is 7.88. The Balaban J connectivity index is 1.81. The zero-order valence-corrected chi connectivity index (χ0v) is 11.3. The Labute approximate surface area is 104 Å². The maximum atomic E-state index is 12.1. The van der Waals surface area contributed by atoms with Crippen molar-refractivity contribution in [1.82, 2.24) is 4.90 Å². The van der Waals surface area contributed by atoms with Gasteiger partial charge in [-0.3, -0.25) is 4.79 Å². The van der Waals surface area contributed by atoms with Crippen LogP contribution in [0.3, 0.4) is 0 Å². The van der Waals surface area contributed by atoms with Gasteiger partial charge in [-0.2, -0.15) is 0 Å². The summed E-state index contributed by atoms with van der Waals surface area (Å²) in [7, 11) is 0. The molecule has 1 saturated carbocycles. The van der Waals surface area contributed by atoms with E-state index in [1.54, 1.807) is 0 Å². The number of hydrogen-bond acceptors (Lipinski definition) is 2. The highest BCUT2D eigenvalue weighted by Crippen LogP contribution is 2.40. The molecule has 98 valence electrons. The lowest BCUT2D eigenvalue weighted by atomic mass is 9.69. The maximum Gasteiger partial charge on any atom is 0.225 e. The number of likely N-dealkylation sites (tertiary alicyclic amines) is 1. The molecule has 0 unspecified atom stereocenters. The van der Waals surface area contributed by atoms with Gasteiger partial charge in [0.05, 0.1) is 6.10 Å². The van der Waals surface area contributed by atoms with Gasteiger partial charge in [0.25, 0.3) is 0 Å². The second-order valence-electron chi connectivity index (χ2n) is 6.81. The van der Waals surface area contributed by atoms with E-state index < -0.39 is 0 Å². The fourth-order valence-corrected chi connectivity index (χ4v) is 3.10. The number of carbonyl (C=O) groups excluding carboxylic acids is 1. The van der Waals surface area contributed by atoms with Gasteiger partial charge in [0, 0.05) is 19.0 Å². The zero-order valence-electron chi connectivity index (χ0n) is 11.3. The molecule has 1 heterocycles. The summed E-state index contributed by atoms with van der Waals surface area (Å²) in [6.07, 6.45) is 4.15. The average molecular weight is 239 g/mol. The van der Waals surface area contributed by atoms with Gasteiger partial charge < -0.3 is 10.0 Å². The molecule has 17 heavy (non-hydrogen) atoms. The number of carbonyl (C=O) groups is 1. The smallest absolute Gasteiger partial charge is 0.225 e. The minimum Gasteiger partial charge on any atom is -0.389 e. The van der Waals surface area contributed by atoms with Gasteiger partial charge in [0.2, 0.25) is 5.91 Å². The van der Waals surface area contributed by atoms with Crippen molar-refractivity contribution in [2.24, 2.45) is 17.3 Å². The number of amides is 1. The summed E-state index contributed by atoms with van der Waals surface area (Å²) in [4.78, 5) is 13.9. The normalized spacial score (nSPS) is 31.2. The third kappa shape index (κ3) is 2.82. The molecule has 0 aromatic rings. The number of nitrogens with zero attached hydrogens (tertiary/aromatic N) is 1. The molecule has 1 saturated heterocycles. The van der Waals surface area contributed by atoms with Crippen molar-refractivity contribution in [1.29, 1.82) is 0 Å². The minimum atomic E-state index is -0.273.